The van der Waals surface area contributed by atoms with Crippen LogP contribution < -0.4 is 0 Å². The minimum absolute atomic E-state index is 0.697. The zero-order valence-corrected chi connectivity index (χ0v) is 6.17. The van der Waals surface area contributed by atoms with Gasteiger partial charge in [0.15, 0.2) is 0 Å². The molecule has 0 aliphatic heterocycles. The number of hydrogen-bond acceptors (Lipinski definition) is 4. The Labute approximate surface area is 57.5 Å². The molecule has 0 unspecified atom stereocenters. The van der Waals surface area contributed by atoms with Crippen molar-refractivity contribution in [2.24, 2.45) is 0 Å². The lowest BCUT2D eigenvalue weighted by Crippen LogP contribution is -1.78. The molecule has 4 heteroatoms. The Balaban J connectivity index is 2.92. The first-order valence-corrected chi connectivity index (χ1v) is 3.64. The highest BCUT2D eigenvalue weighted by Gasteiger charge is 1.97. The highest BCUT2D eigenvalue weighted by atomic mass is 32.1. The van der Waals surface area contributed by atoms with Gasteiger partial charge < -0.3 is 0 Å². The predicted octanol–water partition coefficient (Wildman–Crippen LogP) is 1.28. The van der Waals surface area contributed by atoms with Gasteiger partial charge in [0.1, 0.15) is 0 Å². The van der Waals surface area contributed by atoms with E-state index in [1.54, 1.807) is 0 Å². The summed E-state index contributed by atoms with van der Waals surface area (Å²) in [6, 6.07) is 0. The van der Waals surface area contributed by atoms with Crippen molar-refractivity contribution in [3.05, 3.63) is 10.6 Å². The molecule has 44 valence electrons. The molecule has 1 rings (SSSR count). The normalized spacial score (nSPS) is 9.75. The van der Waals surface area contributed by atoms with Crippen LogP contribution in [0.4, 0.5) is 0 Å². The molecule has 0 aliphatic carbocycles. The van der Waals surface area contributed by atoms with E-state index in [-0.39, 0.29) is 0 Å². The molecule has 0 N–H and O–H groups in total. The number of hydrogen-bond donors (Lipinski definition) is 1. The van der Waals surface area contributed by atoms with Crippen LogP contribution in [0.1, 0.15) is 10.6 Å². The maximum atomic E-state index is 4.05. The van der Waals surface area contributed by atoms with E-state index in [1.807, 2.05) is 6.92 Å². The highest BCUT2D eigenvalue weighted by Crippen LogP contribution is 2.09. The second-order valence-electron chi connectivity index (χ2n) is 1.43. The topological polar surface area (TPSA) is 25.8 Å². The smallest absolute Gasteiger partial charge is 0.0880 e. The molecular weight excluding hydrogens is 140 g/mol. The summed E-state index contributed by atoms with van der Waals surface area (Å²) in [6.07, 6.45) is 0. The van der Waals surface area contributed by atoms with Gasteiger partial charge in [-0.3, -0.25) is 0 Å². The molecule has 1 heterocycles. The summed E-state index contributed by atoms with van der Waals surface area (Å²) in [5.74, 6) is 0.697. The Morgan fingerprint density at radius 3 is 2.75 bits per heavy atom. The van der Waals surface area contributed by atoms with E-state index >= 15 is 0 Å². The molecule has 0 saturated carbocycles. The second-order valence-corrected chi connectivity index (χ2v) is 2.71. The van der Waals surface area contributed by atoms with E-state index in [0.717, 1.165) is 5.69 Å². The molecule has 0 bridgehead atoms. The van der Waals surface area contributed by atoms with E-state index in [4.69, 9.17) is 0 Å². The molecular formula is C4H6N2S2. The van der Waals surface area contributed by atoms with Gasteiger partial charge in [0.2, 0.25) is 0 Å². The zero-order valence-electron chi connectivity index (χ0n) is 4.46. The molecule has 2 nitrogen and oxygen atoms in total. The van der Waals surface area contributed by atoms with Crippen molar-refractivity contribution in [3.8, 4) is 0 Å². The van der Waals surface area contributed by atoms with Gasteiger partial charge >= 0.3 is 0 Å². The van der Waals surface area contributed by atoms with Crippen molar-refractivity contribution in [1.29, 1.82) is 0 Å². The summed E-state index contributed by atoms with van der Waals surface area (Å²) in [7, 11) is 0. The fourth-order valence-electron chi connectivity index (χ4n) is 0.397. The summed E-state index contributed by atoms with van der Waals surface area (Å²) < 4.78 is 3.74. The molecule has 8 heavy (non-hydrogen) atoms. The molecule has 0 amide bonds. The Hall–Kier alpha value is -0.0900. The molecule has 0 aliphatic rings. The van der Waals surface area contributed by atoms with Crippen LogP contribution >= 0.6 is 24.2 Å². The lowest BCUT2D eigenvalue weighted by molar-refractivity contribution is 1.07. The SMILES string of the molecule is Cc1snnc1CS. The van der Waals surface area contributed by atoms with E-state index < -0.39 is 0 Å². The first-order valence-electron chi connectivity index (χ1n) is 2.23. The maximum absolute atomic E-state index is 4.05. The third-order valence-electron chi connectivity index (χ3n) is 0.895. The van der Waals surface area contributed by atoms with Crippen molar-refractivity contribution in [2.45, 2.75) is 12.7 Å². The third kappa shape index (κ3) is 1.00. The molecule has 0 spiro atoms. The third-order valence-corrected chi connectivity index (χ3v) is 1.87. The van der Waals surface area contributed by atoms with E-state index in [1.165, 1.54) is 16.4 Å². The van der Waals surface area contributed by atoms with Gasteiger partial charge in [0.05, 0.1) is 5.69 Å². The lowest BCUT2D eigenvalue weighted by atomic mass is 10.4. The van der Waals surface area contributed by atoms with Crippen molar-refractivity contribution in [1.82, 2.24) is 9.59 Å². The van der Waals surface area contributed by atoms with Gasteiger partial charge in [-0.25, -0.2) is 0 Å². The largest absolute Gasteiger partial charge is 0.173 e. The highest BCUT2D eigenvalue weighted by molar-refractivity contribution is 7.79. The number of aryl methyl sites for hydroxylation is 1. The van der Waals surface area contributed by atoms with Crippen LogP contribution in [0.5, 0.6) is 0 Å². The minimum Gasteiger partial charge on any atom is -0.173 e. The van der Waals surface area contributed by atoms with E-state index in [0.29, 0.717) is 5.75 Å². The lowest BCUT2D eigenvalue weighted by Gasteiger charge is -1.82. The van der Waals surface area contributed by atoms with Gasteiger partial charge in [-0.1, -0.05) is 4.49 Å². The molecule has 1 aromatic rings. The van der Waals surface area contributed by atoms with Gasteiger partial charge in [0.25, 0.3) is 0 Å². The predicted molar refractivity (Wildman–Crippen MR) is 37.3 cm³/mol. The zero-order chi connectivity index (χ0) is 5.98. The second kappa shape index (κ2) is 2.46. The first-order chi connectivity index (χ1) is 3.84. The Bertz CT molecular complexity index is 172. The van der Waals surface area contributed by atoms with E-state index in [9.17, 15) is 0 Å². The van der Waals surface area contributed by atoms with Crippen LogP contribution in [0.15, 0.2) is 0 Å². The summed E-state index contributed by atoms with van der Waals surface area (Å²) >= 11 is 5.47. The monoisotopic (exact) mass is 146 g/mol. The van der Waals surface area contributed by atoms with Crippen LogP contribution in [-0.2, 0) is 5.75 Å². The summed E-state index contributed by atoms with van der Waals surface area (Å²) in [6.45, 7) is 2.00. The summed E-state index contributed by atoms with van der Waals surface area (Å²) in [5, 5.41) is 3.83. The minimum atomic E-state index is 0.697. The van der Waals surface area contributed by atoms with Gasteiger partial charge in [-0.05, 0) is 18.5 Å². The Morgan fingerprint density at radius 2 is 2.50 bits per heavy atom. The van der Waals surface area contributed by atoms with Gasteiger partial charge in [0, 0.05) is 10.6 Å². The number of rotatable bonds is 1. The Morgan fingerprint density at radius 1 is 1.75 bits per heavy atom. The molecule has 0 atom stereocenters. The van der Waals surface area contributed by atoms with Gasteiger partial charge in [-0.15, -0.1) is 5.10 Å². The standard InChI is InChI=1S/C4H6N2S2/c1-3-4(2-7)5-6-8-3/h7H,2H2,1H3. The van der Waals surface area contributed by atoms with Crippen LogP contribution in [-0.4, -0.2) is 9.59 Å². The number of nitrogens with zero attached hydrogens (tertiary/aromatic N) is 2. The number of thiol groups is 1. The fourth-order valence-corrected chi connectivity index (χ4v) is 1.28. The average Bonchev–Trinajstić information content (AvgIpc) is 2.14. The number of aromatic nitrogens is 2. The van der Waals surface area contributed by atoms with E-state index in [2.05, 4.69) is 22.2 Å². The summed E-state index contributed by atoms with van der Waals surface area (Å²) in [5.41, 5.74) is 0.998. The fraction of sp³-hybridized carbons (Fsp3) is 0.500. The molecule has 0 aromatic carbocycles. The molecule has 0 saturated heterocycles. The first kappa shape index (κ1) is 6.04. The van der Waals surface area contributed by atoms with Gasteiger partial charge in [-0.2, -0.15) is 12.6 Å². The van der Waals surface area contributed by atoms with Crippen molar-refractivity contribution in [3.63, 3.8) is 0 Å². The van der Waals surface area contributed by atoms with Crippen molar-refractivity contribution >= 4 is 24.2 Å². The molecule has 0 fully saturated rings. The van der Waals surface area contributed by atoms with Crippen LogP contribution in [0.25, 0.3) is 0 Å². The van der Waals surface area contributed by atoms with Crippen molar-refractivity contribution < 1.29 is 0 Å². The summed E-state index contributed by atoms with van der Waals surface area (Å²) in [4.78, 5) is 1.17. The van der Waals surface area contributed by atoms with Crippen LogP contribution in [0.2, 0.25) is 0 Å². The maximum Gasteiger partial charge on any atom is 0.0880 e. The average molecular weight is 146 g/mol. The molecule has 0 radical (unpaired) electrons. The van der Waals surface area contributed by atoms with Crippen molar-refractivity contribution in [2.75, 3.05) is 0 Å². The Kier molecular flexibility index (Phi) is 1.85. The molecule has 1 aromatic heterocycles. The quantitative estimate of drug-likeness (QED) is 0.604. The van der Waals surface area contributed by atoms with Crippen LogP contribution in [0, 0.1) is 6.92 Å². The van der Waals surface area contributed by atoms with Crippen LogP contribution in [0.3, 0.4) is 0 Å².